The highest BCUT2D eigenvalue weighted by molar-refractivity contribution is 7.09. The number of rotatable bonds is 7. The van der Waals surface area contributed by atoms with Gasteiger partial charge in [0.05, 0.1) is 6.54 Å². The molecule has 1 aliphatic carbocycles. The van der Waals surface area contributed by atoms with Crippen molar-refractivity contribution in [3.05, 3.63) is 16.1 Å². The first kappa shape index (κ1) is 14.8. The fraction of sp³-hybridized carbons (Fsp3) is 0.615. The van der Waals surface area contributed by atoms with E-state index >= 15 is 0 Å². The SMILES string of the molecule is CCCN(CC1CC1)C(=O)NCc1nc(C(=O)O)cs1. The van der Waals surface area contributed by atoms with Crippen LogP contribution in [0.5, 0.6) is 0 Å². The number of thiazole rings is 1. The molecule has 2 rings (SSSR count). The van der Waals surface area contributed by atoms with Gasteiger partial charge in [0.1, 0.15) is 5.01 Å². The Kier molecular flexibility index (Phi) is 4.94. The van der Waals surface area contributed by atoms with E-state index in [0.29, 0.717) is 10.9 Å². The van der Waals surface area contributed by atoms with Crippen LogP contribution in [0.25, 0.3) is 0 Å². The van der Waals surface area contributed by atoms with Crippen LogP contribution in [0.4, 0.5) is 4.79 Å². The summed E-state index contributed by atoms with van der Waals surface area (Å²) in [6.07, 6.45) is 3.35. The molecule has 1 aromatic heterocycles. The number of aromatic nitrogens is 1. The van der Waals surface area contributed by atoms with Crippen molar-refractivity contribution in [2.45, 2.75) is 32.7 Å². The number of carboxylic acids is 1. The van der Waals surface area contributed by atoms with Gasteiger partial charge < -0.3 is 15.3 Å². The molecule has 0 aromatic carbocycles. The topological polar surface area (TPSA) is 82.5 Å². The quantitative estimate of drug-likeness (QED) is 0.808. The number of carboxylic acid groups (broad SMARTS) is 1. The van der Waals surface area contributed by atoms with Crippen molar-refractivity contribution in [1.29, 1.82) is 0 Å². The molecule has 1 aliphatic rings. The van der Waals surface area contributed by atoms with Gasteiger partial charge in [-0.05, 0) is 25.2 Å². The van der Waals surface area contributed by atoms with Crippen LogP contribution in [0.1, 0.15) is 41.7 Å². The van der Waals surface area contributed by atoms with E-state index < -0.39 is 5.97 Å². The van der Waals surface area contributed by atoms with E-state index in [0.717, 1.165) is 19.5 Å². The molecule has 0 aliphatic heterocycles. The largest absolute Gasteiger partial charge is 0.476 e. The molecule has 0 bridgehead atoms. The fourth-order valence-corrected chi connectivity index (χ4v) is 2.62. The van der Waals surface area contributed by atoms with Crippen molar-refractivity contribution in [3.63, 3.8) is 0 Å². The Balaban J connectivity index is 1.83. The van der Waals surface area contributed by atoms with Crippen molar-refractivity contribution >= 4 is 23.3 Å². The van der Waals surface area contributed by atoms with E-state index in [9.17, 15) is 9.59 Å². The van der Waals surface area contributed by atoms with Gasteiger partial charge >= 0.3 is 12.0 Å². The lowest BCUT2D eigenvalue weighted by Gasteiger charge is -2.22. The highest BCUT2D eigenvalue weighted by Crippen LogP contribution is 2.29. The summed E-state index contributed by atoms with van der Waals surface area (Å²) in [7, 11) is 0. The van der Waals surface area contributed by atoms with Gasteiger partial charge in [0.25, 0.3) is 0 Å². The molecule has 2 N–H and O–H groups in total. The van der Waals surface area contributed by atoms with Gasteiger partial charge in [0.2, 0.25) is 0 Å². The molecule has 1 heterocycles. The zero-order valence-corrected chi connectivity index (χ0v) is 12.3. The zero-order chi connectivity index (χ0) is 14.5. The molecule has 0 atom stereocenters. The smallest absolute Gasteiger partial charge is 0.355 e. The summed E-state index contributed by atoms with van der Waals surface area (Å²) in [4.78, 5) is 28.6. The highest BCUT2D eigenvalue weighted by atomic mass is 32.1. The lowest BCUT2D eigenvalue weighted by Crippen LogP contribution is -2.41. The van der Waals surface area contributed by atoms with Gasteiger partial charge in [0.15, 0.2) is 5.69 Å². The maximum absolute atomic E-state index is 12.1. The number of carbonyl (C=O) groups excluding carboxylic acids is 1. The van der Waals surface area contributed by atoms with E-state index in [-0.39, 0.29) is 18.3 Å². The summed E-state index contributed by atoms with van der Waals surface area (Å²) in [5, 5.41) is 13.7. The number of hydrogen-bond donors (Lipinski definition) is 2. The van der Waals surface area contributed by atoms with Crippen LogP contribution in [0.2, 0.25) is 0 Å². The molecule has 0 unspecified atom stereocenters. The van der Waals surface area contributed by atoms with Gasteiger partial charge in [0, 0.05) is 18.5 Å². The number of amides is 2. The summed E-state index contributed by atoms with van der Waals surface area (Å²) < 4.78 is 0. The normalized spacial score (nSPS) is 14.1. The maximum atomic E-state index is 12.1. The molecule has 1 fully saturated rings. The summed E-state index contributed by atoms with van der Waals surface area (Å²) in [6.45, 7) is 3.90. The first-order chi connectivity index (χ1) is 9.60. The molecule has 1 aromatic rings. The second-order valence-corrected chi connectivity index (χ2v) is 5.92. The Morgan fingerprint density at radius 3 is 2.85 bits per heavy atom. The third-order valence-corrected chi connectivity index (χ3v) is 3.97. The molecule has 0 spiro atoms. The minimum atomic E-state index is -1.04. The molecule has 1 saturated carbocycles. The van der Waals surface area contributed by atoms with Crippen LogP contribution in [0.3, 0.4) is 0 Å². The molecule has 0 radical (unpaired) electrons. The molecular formula is C13H19N3O3S. The predicted octanol–water partition coefficient (Wildman–Crippen LogP) is 2.17. The molecule has 20 heavy (non-hydrogen) atoms. The third-order valence-electron chi connectivity index (χ3n) is 3.12. The standard InChI is InChI=1S/C13H19N3O3S/c1-2-5-16(7-9-3-4-9)13(19)14-6-11-15-10(8-20-11)12(17)18/h8-9H,2-7H2,1H3,(H,14,19)(H,17,18). The third kappa shape index (κ3) is 4.19. The highest BCUT2D eigenvalue weighted by Gasteiger charge is 2.26. The summed E-state index contributed by atoms with van der Waals surface area (Å²) in [5.41, 5.74) is 0.0302. The summed E-state index contributed by atoms with van der Waals surface area (Å²) in [5.74, 6) is -0.383. The Labute approximate surface area is 121 Å². The van der Waals surface area contributed by atoms with E-state index in [1.54, 1.807) is 0 Å². The fourth-order valence-electron chi connectivity index (χ4n) is 1.91. The van der Waals surface area contributed by atoms with Gasteiger partial charge in [-0.3, -0.25) is 0 Å². The molecule has 6 nitrogen and oxygen atoms in total. The predicted molar refractivity (Wildman–Crippen MR) is 75.9 cm³/mol. The molecule has 110 valence electrons. The van der Waals surface area contributed by atoms with Crippen molar-refractivity contribution in [3.8, 4) is 0 Å². The lowest BCUT2D eigenvalue weighted by molar-refractivity contribution is 0.0691. The van der Waals surface area contributed by atoms with Crippen LogP contribution in [0, 0.1) is 5.92 Å². The zero-order valence-electron chi connectivity index (χ0n) is 11.5. The van der Waals surface area contributed by atoms with Gasteiger partial charge in [-0.1, -0.05) is 6.92 Å². The molecule has 2 amide bonds. The molecule has 0 saturated heterocycles. The van der Waals surface area contributed by atoms with E-state index in [2.05, 4.69) is 10.3 Å². The van der Waals surface area contributed by atoms with Gasteiger partial charge in [-0.2, -0.15) is 0 Å². The number of hydrogen-bond acceptors (Lipinski definition) is 4. The van der Waals surface area contributed by atoms with Crippen LogP contribution >= 0.6 is 11.3 Å². The van der Waals surface area contributed by atoms with Gasteiger partial charge in [-0.25, -0.2) is 14.6 Å². The van der Waals surface area contributed by atoms with Crippen molar-refractivity contribution in [1.82, 2.24) is 15.2 Å². The minimum absolute atomic E-state index is 0.0302. The van der Waals surface area contributed by atoms with E-state index in [1.165, 1.54) is 29.6 Å². The van der Waals surface area contributed by atoms with Crippen LogP contribution in [0.15, 0.2) is 5.38 Å². The molecular weight excluding hydrogens is 278 g/mol. The first-order valence-electron chi connectivity index (χ1n) is 6.80. The van der Waals surface area contributed by atoms with E-state index in [4.69, 9.17) is 5.11 Å². The lowest BCUT2D eigenvalue weighted by atomic mass is 10.3. The van der Waals surface area contributed by atoms with Crippen LogP contribution in [-0.4, -0.2) is 40.1 Å². The average molecular weight is 297 g/mol. The number of carbonyl (C=O) groups is 2. The number of urea groups is 1. The maximum Gasteiger partial charge on any atom is 0.355 e. The average Bonchev–Trinajstić information content (AvgIpc) is 3.10. The Morgan fingerprint density at radius 2 is 2.30 bits per heavy atom. The minimum Gasteiger partial charge on any atom is -0.476 e. The van der Waals surface area contributed by atoms with Crippen molar-refractivity contribution in [2.24, 2.45) is 5.92 Å². The Bertz CT molecular complexity index is 485. The number of nitrogens with one attached hydrogen (secondary N) is 1. The van der Waals surface area contributed by atoms with Crippen molar-refractivity contribution in [2.75, 3.05) is 13.1 Å². The number of aromatic carboxylic acids is 1. The van der Waals surface area contributed by atoms with Crippen LogP contribution in [-0.2, 0) is 6.54 Å². The van der Waals surface area contributed by atoms with Gasteiger partial charge in [-0.15, -0.1) is 11.3 Å². The number of nitrogens with zero attached hydrogens (tertiary/aromatic N) is 2. The molecule has 7 heteroatoms. The first-order valence-corrected chi connectivity index (χ1v) is 7.68. The second kappa shape index (κ2) is 6.69. The monoisotopic (exact) mass is 297 g/mol. The van der Waals surface area contributed by atoms with Crippen LogP contribution < -0.4 is 5.32 Å². The summed E-state index contributed by atoms with van der Waals surface area (Å²) in [6, 6.07) is -0.0918. The summed E-state index contributed by atoms with van der Waals surface area (Å²) >= 11 is 1.25. The Hall–Kier alpha value is -1.63. The van der Waals surface area contributed by atoms with Crippen molar-refractivity contribution < 1.29 is 14.7 Å². The second-order valence-electron chi connectivity index (χ2n) is 4.98. The Morgan fingerprint density at radius 1 is 1.55 bits per heavy atom. The van der Waals surface area contributed by atoms with E-state index in [1.807, 2.05) is 11.8 Å².